The van der Waals surface area contributed by atoms with Gasteiger partial charge in [0.25, 0.3) is 0 Å². The molecule has 1 heterocycles. The number of hydrogen-bond acceptors (Lipinski definition) is 3. The predicted molar refractivity (Wildman–Crippen MR) is 105 cm³/mol. The lowest BCUT2D eigenvalue weighted by Gasteiger charge is -2.08. The maximum Gasteiger partial charge on any atom is 0.137 e. The second kappa shape index (κ2) is 11.2. The molecule has 3 nitrogen and oxygen atoms in total. The number of fused-ring (bicyclic) bond motifs is 1. The van der Waals surface area contributed by atoms with E-state index in [2.05, 4.69) is 22.2 Å². The third kappa shape index (κ3) is 6.64. The summed E-state index contributed by atoms with van der Waals surface area (Å²) in [5.41, 5.74) is 0.892. The Kier molecular flexibility index (Phi) is 8.90. The number of hydrogen-bond donors (Lipinski definition) is 1. The number of nitrogens with one attached hydrogen (secondary N) is 1. The minimum atomic E-state index is 0.710. The number of nitrogens with zero attached hydrogens (tertiary/aromatic N) is 2. The summed E-state index contributed by atoms with van der Waals surface area (Å²) in [4.78, 5) is 8.63. The summed E-state index contributed by atoms with van der Waals surface area (Å²) in [5, 5.41) is 5.18. The number of anilines is 1. The van der Waals surface area contributed by atoms with E-state index in [9.17, 15) is 0 Å². The van der Waals surface area contributed by atoms with Crippen LogP contribution in [0.3, 0.4) is 0 Å². The molecule has 0 spiro atoms. The highest BCUT2D eigenvalue weighted by Crippen LogP contribution is 2.22. The normalized spacial score (nSPS) is 11.1. The van der Waals surface area contributed by atoms with E-state index < -0.39 is 0 Å². The largest absolute Gasteiger partial charge is 0.369 e. The molecule has 0 aliphatic carbocycles. The average molecular weight is 348 g/mol. The maximum absolute atomic E-state index is 6.01. The highest BCUT2D eigenvalue weighted by molar-refractivity contribution is 6.31. The Bertz CT molecular complexity index is 600. The van der Waals surface area contributed by atoms with E-state index in [1.165, 1.54) is 64.2 Å². The zero-order valence-electron chi connectivity index (χ0n) is 14.9. The SMILES string of the molecule is CCCCCCCCCCCCNc1ncnc2cc(Cl)ccc12. The summed E-state index contributed by atoms with van der Waals surface area (Å²) in [6.45, 7) is 3.23. The first kappa shape index (κ1) is 19.0. The van der Waals surface area contributed by atoms with E-state index in [1.807, 2.05) is 18.2 Å². The second-order valence-corrected chi connectivity index (χ2v) is 6.93. The van der Waals surface area contributed by atoms with Crippen LogP contribution >= 0.6 is 11.6 Å². The van der Waals surface area contributed by atoms with Crippen LogP contribution in [0.2, 0.25) is 5.02 Å². The quantitative estimate of drug-likeness (QED) is 0.438. The molecule has 0 saturated heterocycles. The molecule has 0 amide bonds. The molecule has 0 fully saturated rings. The summed E-state index contributed by atoms with van der Waals surface area (Å²) >= 11 is 6.01. The van der Waals surface area contributed by atoms with Crippen LogP contribution in [0.25, 0.3) is 10.9 Å². The fourth-order valence-electron chi connectivity index (χ4n) is 2.99. The molecule has 132 valence electrons. The molecular weight excluding hydrogens is 318 g/mol. The van der Waals surface area contributed by atoms with E-state index in [-0.39, 0.29) is 0 Å². The van der Waals surface area contributed by atoms with Gasteiger partial charge in [-0.3, -0.25) is 0 Å². The molecule has 1 aromatic heterocycles. The van der Waals surface area contributed by atoms with Gasteiger partial charge >= 0.3 is 0 Å². The lowest BCUT2D eigenvalue weighted by Crippen LogP contribution is -2.04. The van der Waals surface area contributed by atoms with Crippen molar-refractivity contribution in [3.05, 3.63) is 29.5 Å². The third-order valence-electron chi connectivity index (χ3n) is 4.42. The van der Waals surface area contributed by atoms with Crippen LogP contribution in [0.15, 0.2) is 24.5 Å². The summed E-state index contributed by atoms with van der Waals surface area (Å²) in [6, 6.07) is 5.75. The van der Waals surface area contributed by atoms with Crippen molar-refractivity contribution in [3.8, 4) is 0 Å². The lowest BCUT2D eigenvalue weighted by molar-refractivity contribution is 0.560. The Morgan fingerprint density at radius 3 is 2.25 bits per heavy atom. The van der Waals surface area contributed by atoms with Gasteiger partial charge in [-0.05, 0) is 24.6 Å². The van der Waals surface area contributed by atoms with E-state index in [0.717, 1.165) is 23.3 Å². The van der Waals surface area contributed by atoms with E-state index in [0.29, 0.717) is 5.02 Å². The molecule has 24 heavy (non-hydrogen) atoms. The van der Waals surface area contributed by atoms with Gasteiger partial charge in [0.2, 0.25) is 0 Å². The Hall–Kier alpha value is -1.35. The summed E-state index contributed by atoms with van der Waals surface area (Å²) in [5.74, 6) is 0.910. The molecule has 2 aromatic rings. The van der Waals surface area contributed by atoms with Crippen LogP contribution in [0, 0.1) is 0 Å². The molecular formula is C20H30ClN3. The van der Waals surface area contributed by atoms with Crippen molar-refractivity contribution in [1.82, 2.24) is 9.97 Å². The lowest BCUT2D eigenvalue weighted by atomic mass is 10.1. The Balaban J connectivity index is 1.58. The molecule has 0 aliphatic heterocycles. The number of benzene rings is 1. The van der Waals surface area contributed by atoms with Crippen LogP contribution in [0.1, 0.15) is 71.1 Å². The van der Waals surface area contributed by atoms with Crippen molar-refractivity contribution in [2.24, 2.45) is 0 Å². The highest BCUT2D eigenvalue weighted by Gasteiger charge is 2.03. The first-order chi connectivity index (χ1) is 11.8. The van der Waals surface area contributed by atoms with Crippen LogP contribution in [-0.4, -0.2) is 16.5 Å². The average Bonchev–Trinajstić information content (AvgIpc) is 2.59. The zero-order chi connectivity index (χ0) is 17.0. The predicted octanol–water partition coefficient (Wildman–Crippen LogP) is 6.62. The molecule has 0 saturated carbocycles. The van der Waals surface area contributed by atoms with Crippen LogP contribution in [0.5, 0.6) is 0 Å². The van der Waals surface area contributed by atoms with Gasteiger partial charge in [0.15, 0.2) is 0 Å². The van der Waals surface area contributed by atoms with Crippen molar-refractivity contribution >= 4 is 28.3 Å². The van der Waals surface area contributed by atoms with Gasteiger partial charge in [-0.2, -0.15) is 0 Å². The monoisotopic (exact) mass is 347 g/mol. The first-order valence-corrected chi connectivity index (χ1v) is 9.83. The molecule has 2 rings (SSSR count). The zero-order valence-corrected chi connectivity index (χ0v) is 15.6. The second-order valence-electron chi connectivity index (χ2n) is 6.49. The van der Waals surface area contributed by atoms with E-state index in [4.69, 9.17) is 11.6 Å². The topological polar surface area (TPSA) is 37.8 Å². The van der Waals surface area contributed by atoms with Crippen molar-refractivity contribution in [2.45, 2.75) is 71.1 Å². The molecule has 1 aromatic carbocycles. The van der Waals surface area contributed by atoms with Crippen molar-refractivity contribution in [1.29, 1.82) is 0 Å². The van der Waals surface area contributed by atoms with Gasteiger partial charge in [0.1, 0.15) is 12.1 Å². The maximum atomic E-state index is 6.01. The van der Waals surface area contributed by atoms with Gasteiger partial charge in [-0.1, -0.05) is 76.3 Å². The molecule has 0 atom stereocenters. The van der Waals surface area contributed by atoms with Gasteiger partial charge < -0.3 is 5.32 Å². The molecule has 0 unspecified atom stereocenters. The molecule has 0 aliphatic rings. The standard InChI is InChI=1S/C20H30ClN3/c1-2-3-4-5-6-7-8-9-10-11-14-22-20-18-13-12-17(21)15-19(18)23-16-24-20/h12-13,15-16H,2-11,14H2,1H3,(H,22,23,24). The van der Waals surface area contributed by atoms with E-state index in [1.54, 1.807) is 6.33 Å². The fraction of sp³-hybridized carbons (Fsp3) is 0.600. The minimum Gasteiger partial charge on any atom is -0.369 e. The Morgan fingerprint density at radius 1 is 0.875 bits per heavy atom. The number of aromatic nitrogens is 2. The van der Waals surface area contributed by atoms with Crippen LogP contribution in [0.4, 0.5) is 5.82 Å². The molecule has 1 N–H and O–H groups in total. The minimum absolute atomic E-state index is 0.710. The van der Waals surface area contributed by atoms with Crippen molar-refractivity contribution in [3.63, 3.8) is 0 Å². The molecule has 0 bridgehead atoms. The van der Waals surface area contributed by atoms with Gasteiger partial charge in [0.05, 0.1) is 5.52 Å². The first-order valence-electron chi connectivity index (χ1n) is 9.45. The summed E-state index contributed by atoms with van der Waals surface area (Å²) in [7, 11) is 0. The highest BCUT2D eigenvalue weighted by atomic mass is 35.5. The summed E-state index contributed by atoms with van der Waals surface area (Å²) < 4.78 is 0. The van der Waals surface area contributed by atoms with Crippen molar-refractivity contribution < 1.29 is 0 Å². The number of halogens is 1. The van der Waals surface area contributed by atoms with Gasteiger partial charge in [-0.25, -0.2) is 9.97 Å². The van der Waals surface area contributed by atoms with Crippen LogP contribution in [-0.2, 0) is 0 Å². The third-order valence-corrected chi connectivity index (χ3v) is 4.66. The number of rotatable bonds is 12. The summed E-state index contributed by atoms with van der Waals surface area (Å²) in [6.07, 6.45) is 15.2. The van der Waals surface area contributed by atoms with Gasteiger partial charge in [0, 0.05) is 17.0 Å². The van der Waals surface area contributed by atoms with Crippen LogP contribution < -0.4 is 5.32 Å². The Labute approximate surface area is 151 Å². The smallest absolute Gasteiger partial charge is 0.137 e. The Morgan fingerprint density at radius 2 is 1.54 bits per heavy atom. The molecule has 4 heteroatoms. The van der Waals surface area contributed by atoms with Crippen molar-refractivity contribution in [2.75, 3.05) is 11.9 Å². The molecule has 0 radical (unpaired) electrons. The van der Waals surface area contributed by atoms with E-state index >= 15 is 0 Å². The number of unbranched alkanes of at least 4 members (excludes halogenated alkanes) is 9. The van der Waals surface area contributed by atoms with Gasteiger partial charge in [-0.15, -0.1) is 0 Å². The fourth-order valence-corrected chi connectivity index (χ4v) is 3.16.